The second kappa shape index (κ2) is 10.2. The van der Waals surface area contributed by atoms with E-state index in [1.54, 1.807) is 29.2 Å². The van der Waals surface area contributed by atoms with Crippen LogP contribution in [0.5, 0.6) is 11.5 Å². The molecule has 0 radical (unpaired) electrons. The van der Waals surface area contributed by atoms with Gasteiger partial charge < -0.3 is 24.7 Å². The third-order valence-corrected chi connectivity index (χ3v) is 6.63. The van der Waals surface area contributed by atoms with Crippen LogP contribution >= 0.6 is 11.6 Å². The predicted molar refractivity (Wildman–Crippen MR) is 138 cm³/mol. The van der Waals surface area contributed by atoms with E-state index in [2.05, 4.69) is 4.98 Å². The summed E-state index contributed by atoms with van der Waals surface area (Å²) in [6, 6.07) is 20.1. The van der Waals surface area contributed by atoms with E-state index in [9.17, 15) is 9.90 Å². The second-order valence-electron chi connectivity index (χ2n) is 8.95. The zero-order valence-electron chi connectivity index (χ0n) is 19.8. The molecule has 8 heteroatoms. The highest BCUT2D eigenvalue weighted by Crippen LogP contribution is 2.40. The standard InChI is InChI=1S/C28H27ClN2O5/c1-17-2-7-22(8-3-17)36-28(34)31-13-12-23-24-14-19(29)6-11-25(24)30-26(23)27(31)18-4-9-21(10-5-18)35-16-20(33)15-32/h2-11,14,20,27,30,32-33H,12-13,15-16H2,1H3/t20-,27?/m1/s1. The number of ether oxygens (including phenoxy) is 2. The number of hydrogen-bond acceptors (Lipinski definition) is 5. The molecule has 0 saturated heterocycles. The molecule has 3 aromatic carbocycles. The molecule has 4 aromatic rings. The maximum Gasteiger partial charge on any atom is 0.416 e. The summed E-state index contributed by atoms with van der Waals surface area (Å²) >= 11 is 6.29. The highest BCUT2D eigenvalue weighted by atomic mass is 35.5. The molecule has 0 aliphatic carbocycles. The lowest BCUT2D eigenvalue weighted by molar-refractivity contribution is 0.0536. The van der Waals surface area contributed by atoms with Gasteiger partial charge in [-0.3, -0.25) is 4.90 Å². The van der Waals surface area contributed by atoms with Crippen molar-refractivity contribution in [2.75, 3.05) is 19.8 Å². The molecule has 1 amide bonds. The van der Waals surface area contributed by atoms with E-state index >= 15 is 0 Å². The first kappa shape index (κ1) is 24.2. The average molecular weight is 507 g/mol. The van der Waals surface area contributed by atoms with Gasteiger partial charge in [0.2, 0.25) is 0 Å². The number of aliphatic hydroxyl groups is 2. The van der Waals surface area contributed by atoms with Crippen molar-refractivity contribution < 1.29 is 24.5 Å². The normalized spacial score (nSPS) is 16.0. The number of carbonyl (C=O) groups excluding carboxylic acids is 1. The summed E-state index contributed by atoms with van der Waals surface area (Å²) in [5.41, 5.74) is 4.97. The Morgan fingerprint density at radius 1 is 1.11 bits per heavy atom. The lowest BCUT2D eigenvalue weighted by atomic mass is 9.92. The van der Waals surface area contributed by atoms with E-state index < -0.39 is 18.2 Å². The number of aliphatic hydroxyl groups excluding tert-OH is 2. The van der Waals surface area contributed by atoms with Crippen LogP contribution in [0.4, 0.5) is 4.79 Å². The summed E-state index contributed by atoms with van der Waals surface area (Å²) in [6.07, 6.45) is -0.719. The van der Waals surface area contributed by atoms with Gasteiger partial charge in [-0.2, -0.15) is 0 Å². The Morgan fingerprint density at radius 2 is 1.83 bits per heavy atom. The molecular weight excluding hydrogens is 480 g/mol. The number of fused-ring (bicyclic) bond motifs is 3. The van der Waals surface area contributed by atoms with Gasteiger partial charge in [0.15, 0.2) is 0 Å². The monoisotopic (exact) mass is 506 g/mol. The van der Waals surface area contributed by atoms with Gasteiger partial charge in [0.05, 0.1) is 6.61 Å². The first-order chi connectivity index (χ1) is 17.4. The molecule has 0 fully saturated rings. The SMILES string of the molecule is Cc1ccc(OC(=O)N2CCc3c([nH]c4ccc(Cl)cc34)C2c2ccc(OC[C@H](O)CO)cc2)cc1. The van der Waals surface area contributed by atoms with Gasteiger partial charge in [0.1, 0.15) is 30.3 Å². The maximum atomic E-state index is 13.4. The van der Waals surface area contributed by atoms with Crippen molar-refractivity contribution in [2.24, 2.45) is 0 Å². The molecule has 3 N–H and O–H groups in total. The number of H-pyrrole nitrogens is 1. The number of rotatable bonds is 6. The van der Waals surface area contributed by atoms with Gasteiger partial charge in [-0.15, -0.1) is 0 Å². The van der Waals surface area contributed by atoms with Crippen molar-refractivity contribution in [1.82, 2.24) is 9.88 Å². The van der Waals surface area contributed by atoms with Gasteiger partial charge in [0.25, 0.3) is 0 Å². The number of halogens is 1. The molecule has 0 saturated carbocycles. The smallest absolute Gasteiger partial charge is 0.416 e. The van der Waals surface area contributed by atoms with Crippen molar-refractivity contribution in [3.05, 3.63) is 94.1 Å². The van der Waals surface area contributed by atoms with E-state index in [1.807, 2.05) is 49.4 Å². The van der Waals surface area contributed by atoms with Crippen molar-refractivity contribution >= 4 is 28.6 Å². The van der Waals surface area contributed by atoms with E-state index in [0.717, 1.165) is 33.3 Å². The maximum absolute atomic E-state index is 13.4. The predicted octanol–water partition coefficient (Wildman–Crippen LogP) is 5.01. The molecule has 5 rings (SSSR count). The Balaban J connectivity index is 1.50. The Bertz CT molecular complexity index is 1370. The van der Waals surface area contributed by atoms with Gasteiger partial charge in [-0.25, -0.2) is 4.79 Å². The Kier molecular flexibility index (Phi) is 6.87. The summed E-state index contributed by atoms with van der Waals surface area (Å²) in [6.45, 7) is 2.07. The molecule has 2 heterocycles. The number of nitrogens with zero attached hydrogens (tertiary/aromatic N) is 1. The van der Waals surface area contributed by atoms with Crippen LogP contribution in [0.2, 0.25) is 5.02 Å². The molecule has 0 bridgehead atoms. The van der Waals surface area contributed by atoms with Gasteiger partial charge >= 0.3 is 6.09 Å². The van der Waals surface area contributed by atoms with Crippen molar-refractivity contribution in [2.45, 2.75) is 25.5 Å². The summed E-state index contributed by atoms with van der Waals surface area (Å²) < 4.78 is 11.3. The number of nitrogens with one attached hydrogen (secondary N) is 1. The molecule has 1 aromatic heterocycles. The molecule has 36 heavy (non-hydrogen) atoms. The highest BCUT2D eigenvalue weighted by Gasteiger charge is 2.35. The van der Waals surface area contributed by atoms with Crippen LogP contribution in [-0.4, -0.2) is 52.1 Å². The zero-order chi connectivity index (χ0) is 25.2. The minimum absolute atomic E-state index is 0.0127. The number of aromatic nitrogens is 1. The number of aryl methyl sites for hydroxylation is 1. The first-order valence-electron chi connectivity index (χ1n) is 11.8. The van der Waals surface area contributed by atoms with E-state index in [4.69, 9.17) is 26.2 Å². The fraction of sp³-hybridized carbons (Fsp3) is 0.250. The third-order valence-electron chi connectivity index (χ3n) is 6.40. The van der Waals surface area contributed by atoms with Crippen LogP contribution < -0.4 is 9.47 Å². The molecule has 1 aliphatic rings. The molecule has 0 spiro atoms. The van der Waals surface area contributed by atoms with E-state index in [0.29, 0.717) is 29.5 Å². The quantitative estimate of drug-likeness (QED) is 0.342. The average Bonchev–Trinajstić information content (AvgIpc) is 3.26. The molecule has 2 atom stereocenters. The van der Waals surface area contributed by atoms with Gasteiger partial charge in [0, 0.05) is 28.2 Å². The minimum Gasteiger partial charge on any atom is -0.491 e. The van der Waals surface area contributed by atoms with Crippen molar-refractivity contribution in [1.29, 1.82) is 0 Å². The lowest BCUT2D eigenvalue weighted by Crippen LogP contribution is -2.42. The second-order valence-corrected chi connectivity index (χ2v) is 9.39. The van der Waals surface area contributed by atoms with Crippen LogP contribution in [0, 0.1) is 6.92 Å². The van der Waals surface area contributed by atoms with Crippen LogP contribution in [-0.2, 0) is 6.42 Å². The summed E-state index contributed by atoms with van der Waals surface area (Å²) in [4.78, 5) is 18.6. The van der Waals surface area contributed by atoms with E-state index in [1.165, 1.54) is 0 Å². The largest absolute Gasteiger partial charge is 0.491 e. The number of benzene rings is 3. The molecule has 7 nitrogen and oxygen atoms in total. The molecule has 1 unspecified atom stereocenters. The minimum atomic E-state index is -0.948. The number of amides is 1. The Morgan fingerprint density at radius 3 is 2.56 bits per heavy atom. The van der Waals surface area contributed by atoms with Crippen molar-refractivity contribution in [3.63, 3.8) is 0 Å². The summed E-state index contributed by atoms with van der Waals surface area (Å²) in [5, 5.41) is 20.3. The summed E-state index contributed by atoms with van der Waals surface area (Å²) in [7, 11) is 0. The number of carbonyl (C=O) groups is 1. The highest BCUT2D eigenvalue weighted by molar-refractivity contribution is 6.31. The number of aromatic amines is 1. The number of hydrogen-bond donors (Lipinski definition) is 3. The van der Waals surface area contributed by atoms with Crippen LogP contribution in [0.15, 0.2) is 66.7 Å². The Hall–Kier alpha value is -3.52. The summed E-state index contributed by atoms with van der Waals surface area (Å²) in [5.74, 6) is 1.05. The first-order valence-corrected chi connectivity index (χ1v) is 12.2. The van der Waals surface area contributed by atoms with Gasteiger partial charge in [-0.05, 0) is 66.9 Å². The van der Waals surface area contributed by atoms with Crippen LogP contribution in [0.25, 0.3) is 10.9 Å². The topological polar surface area (TPSA) is 95.0 Å². The molecule has 186 valence electrons. The van der Waals surface area contributed by atoms with Crippen LogP contribution in [0.3, 0.4) is 0 Å². The zero-order valence-corrected chi connectivity index (χ0v) is 20.5. The molecular formula is C28H27ClN2O5. The Labute approximate surface area is 213 Å². The van der Waals surface area contributed by atoms with Crippen molar-refractivity contribution in [3.8, 4) is 11.5 Å². The van der Waals surface area contributed by atoms with Crippen LogP contribution in [0.1, 0.15) is 28.4 Å². The molecule has 1 aliphatic heterocycles. The van der Waals surface area contributed by atoms with Gasteiger partial charge in [-0.1, -0.05) is 41.4 Å². The van der Waals surface area contributed by atoms with E-state index in [-0.39, 0.29) is 13.2 Å². The third kappa shape index (κ3) is 4.91. The fourth-order valence-corrected chi connectivity index (χ4v) is 4.73. The lowest BCUT2D eigenvalue weighted by Gasteiger charge is -2.35. The fourth-order valence-electron chi connectivity index (χ4n) is 4.56.